The van der Waals surface area contributed by atoms with Crippen molar-refractivity contribution in [2.45, 2.75) is 77.2 Å². The van der Waals surface area contributed by atoms with Crippen LogP contribution in [0.15, 0.2) is 0 Å². The predicted molar refractivity (Wildman–Crippen MR) is 70.7 cm³/mol. The summed E-state index contributed by atoms with van der Waals surface area (Å²) in [6.45, 7) is 5.14. The van der Waals surface area contributed by atoms with E-state index in [0.29, 0.717) is 0 Å². The van der Waals surface area contributed by atoms with E-state index < -0.39 is 0 Å². The molecule has 0 N–H and O–H groups in total. The van der Waals surface area contributed by atoms with Crippen LogP contribution in [-0.4, -0.2) is 24.0 Å². The molecule has 0 amide bonds. The molecule has 0 aromatic rings. The molecule has 0 bridgehead atoms. The second kappa shape index (κ2) is 6.64. The van der Waals surface area contributed by atoms with Crippen LogP contribution in [0.5, 0.6) is 0 Å². The summed E-state index contributed by atoms with van der Waals surface area (Å²) >= 11 is 0. The Morgan fingerprint density at radius 1 is 0.812 bits per heavy atom. The Balaban J connectivity index is 1.77. The monoisotopic (exact) mass is 223 g/mol. The Hall–Kier alpha value is -0.0400. The van der Waals surface area contributed by atoms with Gasteiger partial charge in [-0.3, -0.25) is 0 Å². The SMILES string of the molecule is CCC1CCN(C2CCCCCCC2)CC1. The number of hydrogen-bond acceptors (Lipinski definition) is 1. The van der Waals surface area contributed by atoms with Crippen LogP contribution in [0.2, 0.25) is 0 Å². The summed E-state index contributed by atoms with van der Waals surface area (Å²) in [7, 11) is 0. The Morgan fingerprint density at radius 3 is 1.94 bits per heavy atom. The molecule has 1 nitrogen and oxygen atoms in total. The zero-order chi connectivity index (χ0) is 11.2. The summed E-state index contributed by atoms with van der Waals surface area (Å²) in [5.74, 6) is 1.03. The smallest absolute Gasteiger partial charge is 0.00952 e. The third-order valence-corrected chi connectivity index (χ3v) is 4.82. The van der Waals surface area contributed by atoms with Crippen LogP contribution in [0, 0.1) is 5.92 Å². The van der Waals surface area contributed by atoms with Crippen molar-refractivity contribution >= 4 is 0 Å². The number of piperidine rings is 1. The molecule has 16 heavy (non-hydrogen) atoms. The molecule has 2 fully saturated rings. The van der Waals surface area contributed by atoms with Gasteiger partial charge in [-0.25, -0.2) is 0 Å². The molecule has 2 rings (SSSR count). The van der Waals surface area contributed by atoms with Crippen molar-refractivity contribution < 1.29 is 0 Å². The van der Waals surface area contributed by atoms with Gasteiger partial charge in [0.05, 0.1) is 0 Å². The van der Waals surface area contributed by atoms with Crippen LogP contribution in [0.25, 0.3) is 0 Å². The highest BCUT2D eigenvalue weighted by Crippen LogP contribution is 2.27. The van der Waals surface area contributed by atoms with E-state index in [4.69, 9.17) is 0 Å². The average Bonchev–Trinajstić information content (AvgIpc) is 2.29. The van der Waals surface area contributed by atoms with Crippen molar-refractivity contribution in [2.24, 2.45) is 5.92 Å². The lowest BCUT2D eigenvalue weighted by atomic mass is 9.90. The zero-order valence-corrected chi connectivity index (χ0v) is 11.1. The lowest BCUT2D eigenvalue weighted by Gasteiger charge is -2.38. The first-order valence-corrected chi connectivity index (χ1v) is 7.64. The maximum Gasteiger partial charge on any atom is 0.00952 e. The van der Waals surface area contributed by atoms with Crippen molar-refractivity contribution in [3.63, 3.8) is 0 Å². The molecule has 0 unspecified atom stereocenters. The predicted octanol–water partition coefficient (Wildman–Crippen LogP) is 4.22. The highest BCUT2D eigenvalue weighted by molar-refractivity contribution is 4.79. The van der Waals surface area contributed by atoms with Gasteiger partial charge < -0.3 is 4.90 Å². The van der Waals surface area contributed by atoms with Crippen molar-refractivity contribution in [3.8, 4) is 0 Å². The van der Waals surface area contributed by atoms with Gasteiger partial charge in [-0.2, -0.15) is 0 Å². The normalized spacial score (nSPS) is 27.6. The number of rotatable bonds is 2. The summed E-state index contributed by atoms with van der Waals surface area (Å²) in [5.41, 5.74) is 0. The van der Waals surface area contributed by atoms with Gasteiger partial charge in [0.1, 0.15) is 0 Å². The summed E-state index contributed by atoms with van der Waals surface area (Å²) in [6.07, 6.45) is 14.7. The topological polar surface area (TPSA) is 3.24 Å². The molecule has 0 spiro atoms. The van der Waals surface area contributed by atoms with Gasteiger partial charge >= 0.3 is 0 Å². The molecule has 0 aromatic heterocycles. The molecular weight excluding hydrogens is 194 g/mol. The summed E-state index contributed by atoms with van der Waals surface area (Å²) in [4.78, 5) is 2.82. The van der Waals surface area contributed by atoms with Gasteiger partial charge in [0.15, 0.2) is 0 Å². The quantitative estimate of drug-likeness (QED) is 0.677. The summed E-state index contributed by atoms with van der Waals surface area (Å²) in [6, 6.07) is 0.943. The van der Waals surface area contributed by atoms with Crippen molar-refractivity contribution in [1.29, 1.82) is 0 Å². The number of likely N-dealkylation sites (tertiary alicyclic amines) is 1. The van der Waals surface area contributed by atoms with E-state index in [0.717, 1.165) is 12.0 Å². The van der Waals surface area contributed by atoms with Crippen LogP contribution in [0.1, 0.15) is 71.1 Å². The largest absolute Gasteiger partial charge is 0.300 e. The fraction of sp³-hybridized carbons (Fsp3) is 1.00. The Morgan fingerprint density at radius 2 is 1.38 bits per heavy atom. The van der Waals surface area contributed by atoms with Gasteiger partial charge in [-0.1, -0.05) is 45.4 Å². The first-order valence-electron chi connectivity index (χ1n) is 7.64. The fourth-order valence-corrected chi connectivity index (χ4v) is 3.53. The molecule has 1 heteroatoms. The van der Waals surface area contributed by atoms with Crippen LogP contribution < -0.4 is 0 Å². The zero-order valence-electron chi connectivity index (χ0n) is 11.1. The molecule has 2 aliphatic rings. The minimum atomic E-state index is 0.943. The van der Waals surface area contributed by atoms with Crippen LogP contribution in [0.3, 0.4) is 0 Å². The molecule has 1 heterocycles. The highest BCUT2D eigenvalue weighted by Gasteiger charge is 2.24. The molecule has 0 aromatic carbocycles. The second-order valence-corrected chi connectivity index (χ2v) is 5.89. The van der Waals surface area contributed by atoms with Crippen LogP contribution >= 0.6 is 0 Å². The molecule has 1 aliphatic carbocycles. The van der Waals surface area contributed by atoms with Gasteiger partial charge in [-0.05, 0) is 44.7 Å². The fourth-order valence-electron chi connectivity index (χ4n) is 3.53. The van der Waals surface area contributed by atoms with E-state index in [2.05, 4.69) is 11.8 Å². The van der Waals surface area contributed by atoms with Gasteiger partial charge in [0, 0.05) is 6.04 Å². The second-order valence-electron chi connectivity index (χ2n) is 5.89. The average molecular weight is 223 g/mol. The number of hydrogen-bond donors (Lipinski definition) is 0. The first kappa shape index (κ1) is 12.4. The third kappa shape index (κ3) is 3.48. The standard InChI is InChI=1S/C15H29N/c1-2-14-10-12-16(13-11-14)15-8-6-4-3-5-7-9-15/h14-15H,2-13H2,1H3. The highest BCUT2D eigenvalue weighted by atomic mass is 15.2. The molecule has 1 aliphatic heterocycles. The molecule has 1 saturated heterocycles. The summed E-state index contributed by atoms with van der Waals surface area (Å²) < 4.78 is 0. The first-order chi connectivity index (χ1) is 7.90. The minimum absolute atomic E-state index is 0.943. The van der Waals surface area contributed by atoms with E-state index in [1.54, 1.807) is 0 Å². The Kier molecular flexibility index (Phi) is 5.15. The van der Waals surface area contributed by atoms with Crippen molar-refractivity contribution in [2.75, 3.05) is 13.1 Å². The van der Waals surface area contributed by atoms with Gasteiger partial charge in [0.2, 0.25) is 0 Å². The number of nitrogens with zero attached hydrogens (tertiary/aromatic N) is 1. The molecule has 0 radical (unpaired) electrons. The molecule has 94 valence electrons. The van der Waals surface area contributed by atoms with Crippen LogP contribution in [-0.2, 0) is 0 Å². The van der Waals surface area contributed by atoms with E-state index in [1.165, 1.54) is 77.3 Å². The Bertz CT molecular complexity index is 174. The van der Waals surface area contributed by atoms with E-state index in [1.807, 2.05) is 0 Å². The van der Waals surface area contributed by atoms with Gasteiger partial charge in [-0.15, -0.1) is 0 Å². The lowest BCUT2D eigenvalue weighted by Crippen LogP contribution is -2.41. The lowest BCUT2D eigenvalue weighted by molar-refractivity contribution is 0.112. The molecular formula is C15H29N. The maximum absolute atomic E-state index is 2.82. The van der Waals surface area contributed by atoms with Gasteiger partial charge in [0.25, 0.3) is 0 Å². The van der Waals surface area contributed by atoms with E-state index in [-0.39, 0.29) is 0 Å². The van der Waals surface area contributed by atoms with E-state index >= 15 is 0 Å². The van der Waals surface area contributed by atoms with E-state index in [9.17, 15) is 0 Å². The van der Waals surface area contributed by atoms with Crippen LogP contribution in [0.4, 0.5) is 0 Å². The summed E-state index contributed by atoms with van der Waals surface area (Å²) in [5, 5.41) is 0. The molecule has 0 atom stereocenters. The Labute approximate surface area is 102 Å². The third-order valence-electron chi connectivity index (χ3n) is 4.82. The van der Waals surface area contributed by atoms with Crippen molar-refractivity contribution in [3.05, 3.63) is 0 Å². The molecule has 1 saturated carbocycles. The van der Waals surface area contributed by atoms with Crippen molar-refractivity contribution in [1.82, 2.24) is 4.90 Å². The minimum Gasteiger partial charge on any atom is -0.300 e. The maximum atomic E-state index is 2.82.